The van der Waals surface area contributed by atoms with E-state index in [1.807, 2.05) is 6.92 Å². The fraction of sp³-hybridized carbons (Fsp3) is 0.0870. The van der Waals surface area contributed by atoms with Crippen LogP contribution in [0.4, 0.5) is 10.1 Å². The average Bonchev–Trinajstić information content (AvgIpc) is 3.00. The molecule has 1 fully saturated rings. The van der Waals surface area contributed by atoms with Crippen LogP contribution in [0.25, 0.3) is 5.76 Å². The monoisotopic (exact) mass is 388 g/mol. The van der Waals surface area contributed by atoms with Gasteiger partial charge in [0, 0.05) is 17.3 Å². The molecule has 1 N–H and O–H groups in total. The molecule has 0 spiro atoms. The minimum atomic E-state index is -1.11. The largest absolute Gasteiger partial charge is 0.507 e. The maximum atomic E-state index is 14.7. The highest BCUT2D eigenvalue weighted by molar-refractivity contribution is 6.51. The van der Waals surface area contributed by atoms with Gasteiger partial charge in [-0.2, -0.15) is 0 Å². The molecule has 0 aliphatic carbocycles. The van der Waals surface area contributed by atoms with Gasteiger partial charge in [-0.05, 0) is 25.1 Å². The van der Waals surface area contributed by atoms with Crippen molar-refractivity contribution in [1.29, 1.82) is 0 Å². The van der Waals surface area contributed by atoms with Crippen LogP contribution < -0.4 is 4.90 Å². The average molecular weight is 388 g/mol. The lowest BCUT2D eigenvalue weighted by molar-refractivity contribution is -0.132. The van der Waals surface area contributed by atoms with E-state index in [0.717, 1.165) is 5.56 Å². The number of nitrogens with zero attached hydrogens (tertiary/aromatic N) is 2. The van der Waals surface area contributed by atoms with Crippen molar-refractivity contribution in [2.45, 2.75) is 13.0 Å². The smallest absolute Gasteiger partial charge is 0.300 e. The second-order valence-corrected chi connectivity index (χ2v) is 6.77. The van der Waals surface area contributed by atoms with Crippen LogP contribution >= 0.6 is 0 Å². The highest BCUT2D eigenvalue weighted by atomic mass is 19.1. The van der Waals surface area contributed by atoms with Crippen molar-refractivity contribution in [3.05, 3.63) is 101 Å². The van der Waals surface area contributed by atoms with Gasteiger partial charge in [0.1, 0.15) is 11.6 Å². The van der Waals surface area contributed by atoms with Crippen LogP contribution in [0, 0.1) is 12.7 Å². The van der Waals surface area contributed by atoms with Crippen LogP contribution in [-0.4, -0.2) is 21.8 Å². The molecule has 2 heterocycles. The lowest BCUT2D eigenvalue weighted by Gasteiger charge is -2.25. The number of rotatable bonds is 3. The van der Waals surface area contributed by atoms with Crippen molar-refractivity contribution in [3.63, 3.8) is 0 Å². The molecule has 0 bridgehead atoms. The standard InChI is InChI=1S/C23H17FN2O3/c1-14-8-10-15(11-9-14)21(27)19-20(17-6-2-3-7-18(17)24)26(23(29)22(19)28)16-5-4-12-25-13-16/h2-13,20,27H,1H3/t20-/m0/s1. The maximum absolute atomic E-state index is 14.7. The van der Waals surface area contributed by atoms with Crippen molar-refractivity contribution < 1.29 is 19.1 Å². The number of aromatic nitrogens is 1. The van der Waals surface area contributed by atoms with Gasteiger partial charge in [0.2, 0.25) is 0 Å². The number of ketones is 1. The minimum Gasteiger partial charge on any atom is -0.507 e. The third-order valence-corrected chi connectivity index (χ3v) is 4.89. The summed E-state index contributed by atoms with van der Waals surface area (Å²) in [6, 6.07) is 14.9. The summed E-state index contributed by atoms with van der Waals surface area (Å²) in [6.45, 7) is 1.89. The predicted molar refractivity (Wildman–Crippen MR) is 107 cm³/mol. The Morgan fingerprint density at radius 2 is 1.76 bits per heavy atom. The Balaban J connectivity index is 1.97. The molecule has 1 aromatic heterocycles. The molecule has 6 heteroatoms. The van der Waals surface area contributed by atoms with Crippen LogP contribution in [0.3, 0.4) is 0 Å². The number of Topliss-reactive ketones (excluding diaryl/α,β-unsaturated/α-hetero) is 1. The third kappa shape index (κ3) is 3.18. The summed E-state index contributed by atoms with van der Waals surface area (Å²) in [7, 11) is 0. The van der Waals surface area contributed by atoms with Crippen LogP contribution in [-0.2, 0) is 9.59 Å². The Morgan fingerprint density at radius 3 is 2.41 bits per heavy atom. The Hall–Kier alpha value is -3.80. The van der Waals surface area contributed by atoms with Crippen LogP contribution in [0.1, 0.15) is 22.7 Å². The van der Waals surface area contributed by atoms with Crippen molar-refractivity contribution in [2.24, 2.45) is 0 Å². The summed E-state index contributed by atoms with van der Waals surface area (Å²) < 4.78 is 14.7. The molecule has 0 unspecified atom stereocenters. The van der Waals surface area contributed by atoms with Gasteiger partial charge < -0.3 is 5.11 Å². The predicted octanol–water partition coefficient (Wildman–Crippen LogP) is 4.16. The molecule has 1 saturated heterocycles. The van der Waals surface area contributed by atoms with Crippen LogP contribution in [0.15, 0.2) is 78.6 Å². The van der Waals surface area contributed by atoms with Gasteiger partial charge in [-0.1, -0.05) is 48.0 Å². The van der Waals surface area contributed by atoms with E-state index < -0.39 is 23.5 Å². The summed E-state index contributed by atoms with van der Waals surface area (Å²) in [5.74, 6) is -2.65. The van der Waals surface area contributed by atoms with E-state index >= 15 is 0 Å². The second-order valence-electron chi connectivity index (χ2n) is 6.77. The fourth-order valence-electron chi connectivity index (χ4n) is 3.45. The number of benzene rings is 2. The van der Waals surface area contributed by atoms with E-state index in [2.05, 4.69) is 4.98 Å². The number of aliphatic hydroxyl groups excluding tert-OH is 1. The number of hydrogen-bond donors (Lipinski definition) is 1. The first-order chi connectivity index (χ1) is 14.0. The van der Waals surface area contributed by atoms with Gasteiger partial charge in [-0.15, -0.1) is 0 Å². The maximum Gasteiger partial charge on any atom is 0.300 e. The number of anilines is 1. The Bertz CT molecular complexity index is 1120. The Morgan fingerprint density at radius 1 is 1.03 bits per heavy atom. The molecule has 1 aliphatic rings. The number of pyridine rings is 1. The first kappa shape index (κ1) is 18.6. The van der Waals surface area contributed by atoms with E-state index in [4.69, 9.17) is 0 Å². The Kier molecular flexibility index (Phi) is 4.68. The lowest BCUT2D eigenvalue weighted by Crippen LogP contribution is -2.29. The van der Waals surface area contributed by atoms with Gasteiger partial charge in [0.25, 0.3) is 11.7 Å². The highest BCUT2D eigenvalue weighted by Gasteiger charge is 2.47. The Labute approximate surface area is 166 Å². The van der Waals surface area contributed by atoms with E-state index in [9.17, 15) is 19.1 Å². The normalized spacial score (nSPS) is 18.3. The fourth-order valence-corrected chi connectivity index (χ4v) is 3.45. The quantitative estimate of drug-likeness (QED) is 0.416. The highest BCUT2D eigenvalue weighted by Crippen LogP contribution is 2.42. The van der Waals surface area contributed by atoms with Crippen molar-refractivity contribution >= 4 is 23.1 Å². The lowest BCUT2D eigenvalue weighted by atomic mass is 9.94. The topological polar surface area (TPSA) is 70.5 Å². The number of amides is 1. The SMILES string of the molecule is Cc1ccc(C(O)=C2C(=O)C(=O)N(c3cccnc3)[C@H]2c2ccccc2F)cc1. The molecule has 29 heavy (non-hydrogen) atoms. The van der Waals surface area contributed by atoms with Crippen molar-refractivity contribution in [3.8, 4) is 0 Å². The zero-order chi connectivity index (χ0) is 20.5. The molecule has 1 atom stereocenters. The molecule has 2 aromatic carbocycles. The second kappa shape index (κ2) is 7.31. The van der Waals surface area contributed by atoms with Gasteiger partial charge in [0.05, 0.1) is 23.5 Å². The molecule has 4 rings (SSSR count). The summed E-state index contributed by atoms with van der Waals surface area (Å²) in [4.78, 5) is 31.0. The zero-order valence-electron chi connectivity index (χ0n) is 15.5. The number of aliphatic hydroxyl groups is 1. The van der Waals surface area contributed by atoms with Gasteiger partial charge in [0.15, 0.2) is 0 Å². The molecule has 1 aliphatic heterocycles. The van der Waals surface area contributed by atoms with Crippen molar-refractivity contribution in [2.75, 3.05) is 4.90 Å². The van der Waals surface area contributed by atoms with E-state index in [0.29, 0.717) is 11.3 Å². The zero-order valence-corrected chi connectivity index (χ0v) is 15.5. The van der Waals surface area contributed by atoms with E-state index in [1.165, 1.54) is 35.5 Å². The number of carbonyl (C=O) groups excluding carboxylic acids is 2. The molecule has 5 nitrogen and oxygen atoms in total. The first-order valence-corrected chi connectivity index (χ1v) is 9.01. The summed E-state index contributed by atoms with van der Waals surface area (Å²) in [6.07, 6.45) is 2.95. The molecule has 1 amide bonds. The molecule has 0 saturated carbocycles. The van der Waals surface area contributed by atoms with Crippen LogP contribution in [0.2, 0.25) is 0 Å². The van der Waals surface area contributed by atoms with E-state index in [1.54, 1.807) is 42.5 Å². The van der Waals surface area contributed by atoms with Gasteiger partial charge >= 0.3 is 0 Å². The molecule has 3 aromatic rings. The number of aryl methyl sites for hydroxylation is 1. The molecular weight excluding hydrogens is 371 g/mol. The minimum absolute atomic E-state index is 0.115. The van der Waals surface area contributed by atoms with Crippen LogP contribution in [0.5, 0.6) is 0 Å². The number of hydrogen-bond acceptors (Lipinski definition) is 4. The first-order valence-electron chi connectivity index (χ1n) is 9.01. The summed E-state index contributed by atoms with van der Waals surface area (Å²) in [5, 5.41) is 10.9. The van der Waals surface area contributed by atoms with Gasteiger partial charge in [-0.25, -0.2) is 4.39 Å². The molecular formula is C23H17FN2O3. The van der Waals surface area contributed by atoms with Crippen molar-refractivity contribution in [1.82, 2.24) is 4.98 Å². The summed E-state index contributed by atoms with van der Waals surface area (Å²) in [5.41, 5.74) is 1.65. The third-order valence-electron chi connectivity index (χ3n) is 4.89. The summed E-state index contributed by atoms with van der Waals surface area (Å²) >= 11 is 0. The number of halogens is 1. The van der Waals surface area contributed by atoms with E-state index in [-0.39, 0.29) is 16.9 Å². The number of carbonyl (C=O) groups is 2. The molecule has 0 radical (unpaired) electrons. The molecule has 144 valence electrons. The van der Waals surface area contributed by atoms with Gasteiger partial charge in [-0.3, -0.25) is 19.5 Å².